The molecule has 1 aromatic heterocycles. The monoisotopic (exact) mass is 253 g/mol. The van der Waals surface area contributed by atoms with Crippen molar-refractivity contribution >= 4 is 5.97 Å². The van der Waals surface area contributed by atoms with Gasteiger partial charge in [0.2, 0.25) is 5.82 Å². The highest BCUT2D eigenvalue weighted by Crippen LogP contribution is 2.21. The van der Waals surface area contributed by atoms with Crippen LogP contribution in [0.2, 0.25) is 0 Å². The number of esters is 1. The van der Waals surface area contributed by atoms with E-state index in [1.54, 1.807) is 30.5 Å². The standard InChI is InChI=1S/C14H11N3O2/c1-9-8-16-13(14(18)19-2)17-12(9)11-5-3-10(7-15)4-6-11/h3-6,8H,1-2H3. The molecule has 2 rings (SSSR count). The van der Waals surface area contributed by atoms with Gasteiger partial charge in [-0.3, -0.25) is 0 Å². The van der Waals surface area contributed by atoms with Crippen LogP contribution in [0.15, 0.2) is 30.5 Å². The molecule has 94 valence electrons. The molecular weight excluding hydrogens is 242 g/mol. The number of benzene rings is 1. The van der Waals surface area contributed by atoms with Crippen LogP contribution >= 0.6 is 0 Å². The molecule has 0 N–H and O–H groups in total. The lowest BCUT2D eigenvalue weighted by Crippen LogP contribution is -2.08. The lowest BCUT2D eigenvalue weighted by atomic mass is 10.1. The summed E-state index contributed by atoms with van der Waals surface area (Å²) in [6.45, 7) is 1.86. The normalized spacial score (nSPS) is 9.74. The second kappa shape index (κ2) is 5.27. The van der Waals surface area contributed by atoms with Crippen LogP contribution in [0.5, 0.6) is 0 Å². The smallest absolute Gasteiger partial charge is 0.376 e. The van der Waals surface area contributed by atoms with E-state index in [1.807, 2.05) is 6.92 Å². The van der Waals surface area contributed by atoms with E-state index in [1.165, 1.54) is 7.11 Å². The molecule has 5 nitrogen and oxygen atoms in total. The highest BCUT2D eigenvalue weighted by Gasteiger charge is 2.12. The Bertz CT molecular complexity index is 657. The quantitative estimate of drug-likeness (QED) is 0.766. The van der Waals surface area contributed by atoms with Crippen LogP contribution < -0.4 is 0 Å². The summed E-state index contributed by atoms with van der Waals surface area (Å²) in [5, 5.41) is 8.77. The topological polar surface area (TPSA) is 75.9 Å². The number of hydrogen-bond donors (Lipinski definition) is 0. The second-order valence-corrected chi connectivity index (χ2v) is 3.91. The number of ether oxygens (including phenoxy) is 1. The van der Waals surface area contributed by atoms with E-state index in [2.05, 4.69) is 20.8 Å². The summed E-state index contributed by atoms with van der Waals surface area (Å²) in [6, 6.07) is 9.03. The highest BCUT2D eigenvalue weighted by atomic mass is 16.5. The van der Waals surface area contributed by atoms with Crippen molar-refractivity contribution in [2.45, 2.75) is 6.92 Å². The van der Waals surface area contributed by atoms with Gasteiger partial charge >= 0.3 is 5.97 Å². The minimum absolute atomic E-state index is 0.0208. The zero-order valence-corrected chi connectivity index (χ0v) is 10.5. The molecule has 2 aromatic rings. The molecule has 0 amide bonds. The van der Waals surface area contributed by atoms with E-state index in [0.717, 1.165) is 11.1 Å². The highest BCUT2D eigenvalue weighted by molar-refractivity contribution is 5.85. The third kappa shape index (κ3) is 2.58. The number of nitriles is 1. The first-order valence-electron chi connectivity index (χ1n) is 5.58. The van der Waals surface area contributed by atoms with Gasteiger partial charge in [0, 0.05) is 11.8 Å². The van der Waals surface area contributed by atoms with E-state index in [9.17, 15) is 4.79 Å². The predicted molar refractivity (Wildman–Crippen MR) is 68.3 cm³/mol. The summed E-state index contributed by atoms with van der Waals surface area (Å²) < 4.78 is 4.60. The molecule has 0 unspecified atom stereocenters. The largest absolute Gasteiger partial charge is 0.463 e. The van der Waals surface area contributed by atoms with Gasteiger partial charge < -0.3 is 4.74 Å². The molecule has 0 aliphatic heterocycles. The third-order valence-electron chi connectivity index (χ3n) is 2.63. The summed E-state index contributed by atoms with van der Waals surface area (Å²) in [4.78, 5) is 19.5. The zero-order valence-electron chi connectivity index (χ0n) is 10.5. The van der Waals surface area contributed by atoms with E-state index in [4.69, 9.17) is 5.26 Å². The van der Waals surface area contributed by atoms with Crippen LogP contribution in [-0.4, -0.2) is 23.0 Å². The van der Waals surface area contributed by atoms with Gasteiger partial charge in [-0.15, -0.1) is 0 Å². The number of aryl methyl sites for hydroxylation is 1. The molecule has 1 heterocycles. The molecule has 0 saturated carbocycles. The first-order valence-corrected chi connectivity index (χ1v) is 5.58. The molecule has 19 heavy (non-hydrogen) atoms. The Morgan fingerprint density at radius 3 is 2.58 bits per heavy atom. The van der Waals surface area contributed by atoms with Gasteiger partial charge in [0.05, 0.1) is 24.4 Å². The van der Waals surface area contributed by atoms with Gasteiger partial charge in [0.1, 0.15) is 0 Å². The Morgan fingerprint density at radius 1 is 1.32 bits per heavy atom. The molecule has 0 atom stereocenters. The lowest BCUT2D eigenvalue weighted by Gasteiger charge is -2.06. The molecular formula is C14H11N3O2. The Labute approximate surface area is 110 Å². The lowest BCUT2D eigenvalue weighted by molar-refractivity contribution is 0.0587. The number of aromatic nitrogens is 2. The zero-order chi connectivity index (χ0) is 13.8. The summed E-state index contributed by atoms with van der Waals surface area (Å²) >= 11 is 0. The van der Waals surface area contributed by atoms with Crippen molar-refractivity contribution in [1.82, 2.24) is 9.97 Å². The molecule has 1 aromatic carbocycles. The SMILES string of the molecule is COC(=O)c1ncc(C)c(-c2ccc(C#N)cc2)n1. The maximum absolute atomic E-state index is 11.4. The predicted octanol–water partition coefficient (Wildman–Crippen LogP) is 2.11. The van der Waals surface area contributed by atoms with Crippen LogP contribution in [0.4, 0.5) is 0 Å². The molecule has 0 saturated heterocycles. The van der Waals surface area contributed by atoms with Crippen LogP contribution in [0.25, 0.3) is 11.3 Å². The van der Waals surface area contributed by atoms with Crippen molar-refractivity contribution in [3.05, 3.63) is 47.4 Å². The fourth-order valence-corrected chi connectivity index (χ4v) is 1.63. The van der Waals surface area contributed by atoms with Crippen LogP contribution in [0, 0.1) is 18.3 Å². The molecule has 5 heteroatoms. The fraction of sp³-hybridized carbons (Fsp3) is 0.143. The number of rotatable bonds is 2. The first-order chi connectivity index (χ1) is 9.15. The van der Waals surface area contributed by atoms with Crippen molar-refractivity contribution < 1.29 is 9.53 Å². The van der Waals surface area contributed by atoms with Gasteiger partial charge in [-0.1, -0.05) is 12.1 Å². The van der Waals surface area contributed by atoms with Crippen molar-refractivity contribution in [2.75, 3.05) is 7.11 Å². The van der Waals surface area contributed by atoms with Crippen LogP contribution in [-0.2, 0) is 4.74 Å². The number of methoxy groups -OCH3 is 1. The van der Waals surface area contributed by atoms with Crippen LogP contribution in [0.1, 0.15) is 21.7 Å². The van der Waals surface area contributed by atoms with Crippen molar-refractivity contribution in [3.8, 4) is 17.3 Å². The van der Waals surface area contributed by atoms with Crippen molar-refractivity contribution in [2.24, 2.45) is 0 Å². The van der Waals surface area contributed by atoms with Crippen molar-refractivity contribution in [1.29, 1.82) is 5.26 Å². The molecule has 0 spiro atoms. The molecule has 0 fully saturated rings. The molecule has 0 aliphatic rings. The summed E-state index contributed by atoms with van der Waals surface area (Å²) in [7, 11) is 1.28. The number of hydrogen-bond acceptors (Lipinski definition) is 5. The Morgan fingerprint density at radius 2 is 2.00 bits per heavy atom. The maximum Gasteiger partial charge on any atom is 0.376 e. The Hall–Kier alpha value is -2.74. The minimum Gasteiger partial charge on any atom is -0.463 e. The first kappa shape index (κ1) is 12.7. The average Bonchev–Trinajstić information content (AvgIpc) is 2.47. The van der Waals surface area contributed by atoms with E-state index in [-0.39, 0.29) is 5.82 Å². The van der Waals surface area contributed by atoms with Crippen molar-refractivity contribution in [3.63, 3.8) is 0 Å². The summed E-state index contributed by atoms with van der Waals surface area (Å²) in [5.74, 6) is -0.553. The molecule has 0 radical (unpaired) electrons. The van der Waals surface area contributed by atoms with Crippen LogP contribution in [0.3, 0.4) is 0 Å². The van der Waals surface area contributed by atoms with Gasteiger partial charge in [-0.05, 0) is 24.6 Å². The Kier molecular flexibility index (Phi) is 3.53. The number of carbonyl (C=O) groups excluding carboxylic acids is 1. The van der Waals surface area contributed by atoms with Gasteiger partial charge in [-0.25, -0.2) is 14.8 Å². The minimum atomic E-state index is -0.574. The van der Waals surface area contributed by atoms with E-state index in [0.29, 0.717) is 11.3 Å². The van der Waals surface area contributed by atoms with Gasteiger partial charge in [0.25, 0.3) is 0 Å². The molecule has 0 bridgehead atoms. The average molecular weight is 253 g/mol. The van der Waals surface area contributed by atoms with Gasteiger partial charge in [0.15, 0.2) is 0 Å². The number of carbonyl (C=O) groups is 1. The number of nitrogens with zero attached hydrogens (tertiary/aromatic N) is 3. The molecule has 0 aliphatic carbocycles. The Balaban J connectivity index is 2.48. The van der Waals surface area contributed by atoms with E-state index < -0.39 is 5.97 Å². The second-order valence-electron chi connectivity index (χ2n) is 3.91. The fourth-order valence-electron chi connectivity index (χ4n) is 1.63. The third-order valence-corrected chi connectivity index (χ3v) is 2.63. The summed E-state index contributed by atoms with van der Waals surface area (Å²) in [5.41, 5.74) is 2.89. The maximum atomic E-state index is 11.4. The van der Waals surface area contributed by atoms with E-state index >= 15 is 0 Å². The summed E-state index contributed by atoms with van der Waals surface area (Å²) in [6.07, 6.45) is 1.58. The van der Waals surface area contributed by atoms with Gasteiger partial charge in [-0.2, -0.15) is 5.26 Å².